The molecular weight excluding hydrogens is 280 g/mol. The second-order valence-corrected chi connectivity index (χ2v) is 7.66. The summed E-state index contributed by atoms with van der Waals surface area (Å²) in [5.74, 6) is 0.166. The standard InChI is InChI=1S/C22H26O/c1-13(2)9-18-15(4)11-19-21(16(18)5)20(23)12-17-10-14(3)7-8-22(17,19)6/h9-12H,7-8H2,1-6H3. The van der Waals surface area contributed by atoms with Gasteiger partial charge in [0.25, 0.3) is 0 Å². The van der Waals surface area contributed by atoms with E-state index in [1.165, 1.54) is 33.4 Å². The van der Waals surface area contributed by atoms with Gasteiger partial charge in [-0.2, -0.15) is 0 Å². The first-order chi connectivity index (χ1) is 10.7. The Hall–Kier alpha value is -1.89. The Bertz CT molecular complexity index is 798. The summed E-state index contributed by atoms with van der Waals surface area (Å²) >= 11 is 0. The van der Waals surface area contributed by atoms with Crippen LogP contribution in [-0.2, 0) is 5.41 Å². The first kappa shape index (κ1) is 16.0. The minimum absolute atomic E-state index is 0.0260. The summed E-state index contributed by atoms with van der Waals surface area (Å²) in [6, 6.07) is 2.26. The van der Waals surface area contributed by atoms with E-state index < -0.39 is 0 Å². The average molecular weight is 306 g/mol. The maximum atomic E-state index is 12.8. The highest BCUT2D eigenvalue weighted by Gasteiger charge is 2.40. The van der Waals surface area contributed by atoms with Crippen molar-refractivity contribution in [2.75, 3.05) is 0 Å². The van der Waals surface area contributed by atoms with Gasteiger partial charge in [-0.3, -0.25) is 4.79 Å². The van der Waals surface area contributed by atoms with E-state index in [2.05, 4.69) is 59.8 Å². The predicted molar refractivity (Wildman–Crippen MR) is 98.0 cm³/mol. The Kier molecular flexibility index (Phi) is 3.71. The van der Waals surface area contributed by atoms with Crippen molar-refractivity contribution in [1.29, 1.82) is 0 Å². The van der Waals surface area contributed by atoms with E-state index >= 15 is 0 Å². The van der Waals surface area contributed by atoms with Gasteiger partial charge in [0.15, 0.2) is 5.78 Å². The number of carbonyl (C=O) groups excluding carboxylic acids is 1. The number of hydrogen-bond acceptors (Lipinski definition) is 1. The van der Waals surface area contributed by atoms with Gasteiger partial charge in [-0.1, -0.05) is 36.3 Å². The zero-order valence-corrected chi connectivity index (χ0v) is 15.1. The lowest BCUT2D eigenvalue weighted by Crippen LogP contribution is -2.33. The summed E-state index contributed by atoms with van der Waals surface area (Å²) in [4.78, 5) is 12.8. The molecule has 0 radical (unpaired) electrons. The van der Waals surface area contributed by atoms with E-state index in [1.807, 2.05) is 6.08 Å². The van der Waals surface area contributed by atoms with Crippen molar-refractivity contribution in [1.82, 2.24) is 0 Å². The highest BCUT2D eigenvalue weighted by atomic mass is 16.1. The first-order valence-corrected chi connectivity index (χ1v) is 8.47. The van der Waals surface area contributed by atoms with Crippen LogP contribution in [0.3, 0.4) is 0 Å². The zero-order valence-electron chi connectivity index (χ0n) is 15.1. The SMILES string of the molecule is CC(C)=Cc1c(C)cc2c(c1C)C(=O)C=C1C=C(C)CCC12C. The molecule has 3 rings (SSSR count). The molecule has 0 aromatic heterocycles. The fourth-order valence-corrected chi connectivity index (χ4v) is 4.06. The van der Waals surface area contributed by atoms with E-state index in [4.69, 9.17) is 0 Å². The topological polar surface area (TPSA) is 17.1 Å². The minimum atomic E-state index is -0.0260. The smallest absolute Gasteiger partial charge is 0.186 e. The number of benzene rings is 1. The number of allylic oxidation sites excluding steroid dienone is 5. The highest BCUT2D eigenvalue weighted by molar-refractivity contribution is 6.10. The molecule has 1 aromatic rings. The molecule has 1 unspecified atom stereocenters. The summed E-state index contributed by atoms with van der Waals surface area (Å²) < 4.78 is 0. The van der Waals surface area contributed by atoms with Gasteiger partial charge in [0.1, 0.15) is 0 Å². The van der Waals surface area contributed by atoms with Gasteiger partial charge in [-0.25, -0.2) is 0 Å². The number of rotatable bonds is 1. The van der Waals surface area contributed by atoms with Gasteiger partial charge in [0.05, 0.1) is 0 Å². The molecule has 0 aliphatic heterocycles. The number of hydrogen-bond donors (Lipinski definition) is 0. The van der Waals surface area contributed by atoms with Gasteiger partial charge in [0, 0.05) is 11.0 Å². The third-order valence-corrected chi connectivity index (χ3v) is 5.45. The molecule has 1 heteroatoms. The van der Waals surface area contributed by atoms with Crippen LogP contribution in [0.4, 0.5) is 0 Å². The fraction of sp³-hybridized carbons (Fsp3) is 0.409. The quantitative estimate of drug-likeness (QED) is 0.636. The lowest BCUT2D eigenvalue weighted by Gasteiger charge is -2.40. The van der Waals surface area contributed by atoms with Gasteiger partial charge in [0.2, 0.25) is 0 Å². The van der Waals surface area contributed by atoms with Gasteiger partial charge >= 0.3 is 0 Å². The Labute approximate surface area is 139 Å². The van der Waals surface area contributed by atoms with Crippen molar-refractivity contribution in [2.45, 2.75) is 59.8 Å². The molecule has 1 atom stereocenters. The highest BCUT2D eigenvalue weighted by Crippen LogP contribution is 2.47. The normalized spacial score (nSPS) is 22.8. The number of ketones is 1. The lowest BCUT2D eigenvalue weighted by atomic mass is 9.63. The summed E-state index contributed by atoms with van der Waals surface area (Å²) in [5.41, 5.74) is 9.57. The molecule has 0 saturated carbocycles. The zero-order chi connectivity index (χ0) is 16.9. The summed E-state index contributed by atoms with van der Waals surface area (Å²) in [7, 11) is 0. The average Bonchev–Trinajstić information content (AvgIpc) is 2.45. The van der Waals surface area contributed by atoms with E-state index in [0.29, 0.717) is 0 Å². The molecule has 0 spiro atoms. The van der Waals surface area contributed by atoms with Gasteiger partial charge in [-0.15, -0.1) is 0 Å². The van der Waals surface area contributed by atoms with Crippen molar-refractivity contribution in [2.24, 2.45) is 0 Å². The third kappa shape index (κ3) is 2.43. The maximum Gasteiger partial charge on any atom is 0.186 e. The van der Waals surface area contributed by atoms with Crippen molar-refractivity contribution in [3.8, 4) is 0 Å². The number of fused-ring (bicyclic) bond motifs is 3. The molecule has 0 fully saturated rings. The Morgan fingerprint density at radius 3 is 2.52 bits per heavy atom. The van der Waals surface area contributed by atoms with Gasteiger partial charge < -0.3 is 0 Å². The summed E-state index contributed by atoms with van der Waals surface area (Å²) in [6.45, 7) is 12.9. The first-order valence-electron chi connectivity index (χ1n) is 8.47. The van der Waals surface area contributed by atoms with Crippen LogP contribution >= 0.6 is 0 Å². The molecule has 120 valence electrons. The summed E-state index contributed by atoms with van der Waals surface area (Å²) in [5, 5.41) is 0. The molecule has 0 saturated heterocycles. The van der Waals surface area contributed by atoms with E-state index in [9.17, 15) is 4.79 Å². The van der Waals surface area contributed by atoms with E-state index in [1.54, 1.807) is 0 Å². The second kappa shape index (κ2) is 5.33. The van der Waals surface area contributed by atoms with Crippen molar-refractivity contribution < 1.29 is 4.79 Å². The summed E-state index contributed by atoms with van der Waals surface area (Å²) in [6.07, 6.45) is 8.49. The molecule has 0 amide bonds. The minimum Gasteiger partial charge on any atom is -0.289 e. The molecule has 1 nitrogen and oxygen atoms in total. The van der Waals surface area contributed by atoms with Crippen LogP contribution in [0.2, 0.25) is 0 Å². The second-order valence-electron chi connectivity index (χ2n) is 7.66. The monoisotopic (exact) mass is 306 g/mol. The van der Waals surface area contributed by atoms with Crippen LogP contribution in [0.5, 0.6) is 0 Å². The van der Waals surface area contributed by atoms with E-state index in [-0.39, 0.29) is 11.2 Å². The molecule has 0 heterocycles. The van der Waals surface area contributed by atoms with Crippen LogP contribution in [0.15, 0.2) is 34.9 Å². The van der Waals surface area contributed by atoms with Crippen molar-refractivity contribution in [3.05, 3.63) is 62.8 Å². The molecule has 2 aliphatic carbocycles. The Balaban J connectivity index is 2.31. The maximum absolute atomic E-state index is 12.8. The van der Waals surface area contributed by atoms with Crippen LogP contribution in [0, 0.1) is 13.8 Å². The molecule has 2 aliphatic rings. The molecule has 23 heavy (non-hydrogen) atoms. The Morgan fingerprint density at radius 2 is 1.87 bits per heavy atom. The largest absolute Gasteiger partial charge is 0.289 e. The van der Waals surface area contributed by atoms with Crippen molar-refractivity contribution in [3.63, 3.8) is 0 Å². The van der Waals surface area contributed by atoms with Crippen LogP contribution < -0.4 is 0 Å². The molecule has 0 bridgehead atoms. The van der Waals surface area contributed by atoms with Gasteiger partial charge in [-0.05, 0) is 81.4 Å². The fourth-order valence-electron chi connectivity index (χ4n) is 4.06. The Morgan fingerprint density at radius 1 is 1.17 bits per heavy atom. The van der Waals surface area contributed by atoms with Crippen LogP contribution in [-0.4, -0.2) is 5.78 Å². The molecule has 1 aromatic carbocycles. The molecular formula is C22H26O. The van der Waals surface area contributed by atoms with E-state index in [0.717, 1.165) is 24.0 Å². The van der Waals surface area contributed by atoms with Crippen LogP contribution in [0.1, 0.15) is 73.1 Å². The molecule has 0 N–H and O–H groups in total. The number of carbonyl (C=O) groups is 1. The number of aryl methyl sites for hydroxylation is 1. The van der Waals surface area contributed by atoms with Crippen molar-refractivity contribution >= 4 is 11.9 Å². The predicted octanol–water partition coefficient (Wildman–Crippen LogP) is 5.85. The third-order valence-electron chi connectivity index (χ3n) is 5.45. The lowest BCUT2D eigenvalue weighted by molar-refractivity contribution is 0.103. The van der Waals surface area contributed by atoms with Crippen LogP contribution in [0.25, 0.3) is 6.08 Å².